The molecule has 1 aromatic rings. The van der Waals surface area contributed by atoms with E-state index in [1.807, 2.05) is 42.5 Å². The van der Waals surface area contributed by atoms with Gasteiger partial charge in [-0.05, 0) is 5.56 Å². The van der Waals surface area contributed by atoms with E-state index >= 15 is 0 Å². The first-order valence-corrected chi connectivity index (χ1v) is 4.69. The third-order valence-electron chi connectivity index (χ3n) is 1.69. The summed E-state index contributed by atoms with van der Waals surface area (Å²) in [5.41, 5.74) is 0.954. The second-order valence-electron chi connectivity index (χ2n) is 2.55. The average molecular weight is 235 g/mol. The summed E-state index contributed by atoms with van der Waals surface area (Å²) in [4.78, 5) is -0.205. The van der Waals surface area contributed by atoms with Crippen molar-refractivity contribution in [2.24, 2.45) is 5.92 Å². The van der Waals surface area contributed by atoms with Crippen molar-refractivity contribution in [3.05, 3.63) is 35.9 Å². The van der Waals surface area contributed by atoms with Gasteiger partial charge in [-0.2, -0.15) is 10.5 Å². The van der Waals surface area contributed by atoms with Crippen molar-refractivity contribution in [2.45, 2.75) is 4.83 Å². The fraction of sp³-hybridized carbons (Fsp3) is 0.200. The zero-order valence-corrected chi connectivity index (χ0v) is 8.40. The van der Waals surface area contributed by atoms with Crippen molar-refractivity contribution >= 4 is 15.9 Å². The van der Waals surface area contributed by atoms with Crippen molar-refractivity contribution in [3.8, 4) is 12.1 Å². The molecule has 0 heterocycles. The lowest BCUT2D eigenvalue weighted by atomic mass is 10.0. The van der Waals surface area contributed by atoms with Crippen LogP contribution < -0.4 is 0 Å². The van der Waals surface area contributed by atoms with E-state index in [1.165, 1.54) is 0 Å². The Kier molecular flexibility index (Phi) is 3.49. The summed E-state index contributed by atoms with van der Waals surface area (Å²) in [6.45, 7) is 0. The second-order valence-corrected chi connectivity index (χ2v) is 3.53. The number of nitrogens with zero attached hydrogens (tertiary/aromatic N) is 2. The zero-order chi connectivity index (χ0) is 9.68. The molecule has 3 heteroatoms. The first-order chi connectivity index (χ1) is 6.29. The molecule has 0 spiro atoms. The zero-order valence-electron chi connectivity index (χ0n) is 6.81. The van der Waals surface area contributed by atoms with Crippen LogP contribution in [0.5, 0.6) is 0 Å². The molecule has 0 saturated carbocycles. The van der Waals surface area contributed by atoms with Crippen LogP contribution in [0.3, 0.4) is 0 Å². The summed E-state index contributed by atoms with van der Waals surface area (Å²) in [5.74, 6) is -0.637. The van der Waals surface area contributed by atoms with Gasteiger partial charge in [0, 0.05) is 0 Å². The molecular weight excluding hydrogens is 228 g/mol. The smallest absolute Gasteiger partial charge is 0.149 e. The molecule has 0 aliphatic carbocycles. The van der Waals surface area contributed by atoms with Crippen LogP contribution in [0, 0.1) is 28.6 Å². The number of alkyl halides is 1. The van der Waals surface area contributed by atoms with Gasteiger partial charge in [-0.1, -0.05) is 46.3 Å². The molecule has 0 N–H and O–H groups in total. The fourth-order valence-electron chi connectivity index (χ4n) is 0.989. The Bertz CT molecular complexity index is 333. The molecule has 1 unspecified atom stereocenters. The van der Waals surface area contributed by atoms with E-state index in [0.717, 1.165) is 5.56 Å². The number of benzene rings is 1. The van der Waals surface area contributed by atoms with Crippen LogP contribution >= 0.6 is 15.9 Å². The van der Waals surface area contributed by atoms with Gasteiger partial charge in [0.1, 0.15) is 5.92 Å². The summed E-state index contributed by atoms with van der Waals surface area (Å²) in [5, 5.41) is 17.3. The van der Waals surface area contributed by atoms with Gasteiger partial charge in [0.05, 0.1) is 17.0 Å². The Labute approximate surface area is 85.5 Å². The second kappa shape index (κ2) is 4.64. The number of halogens is 1. The van der Waals surface area contributed by atoms with Gasteiger partial charge in [-0.25, -0.2) is 0 Å². The van der Waals surface area contributed by atoms with E-state index in [4.69, 9.17) is 10.5 Å². The van der Waals surface area contributed by atoms with E-state index in [-0.39, 0.29) is 4.83 Å². The summed E-state index contributed by atoms with van der Waals surface area (Å²) < 4.78 is 0. The lowest BCUT2D eigenvalue weighted by molar-refractivity contribution is 0.825. The largest absolute Gasteiger partial charge is 0.197 e. The lowest BCUT2D eigenvalue weighted by Crippen LogP contribution is -2.02. The Hall–Kier alpha value is -1.32. The van der Waals surface area contributed by atoms with Gasteiger partial charge < -0.3 is 0 Å². The van der Waals surface area contributed by atoms with E-state index in [2.05, 4.69) is 15.9 Å². The standard InChI is InChI=1S/C10H7BrN2/c11-10(9(6-12)7-13)8-4-2-1-3-5-8/h1-5,9-10H. The van der Waals surface area contributed by atoms with Gasteiger partial charge in [-0.3, -0.25) is 0 Å². The molecular formula is C10H7BrN2. The maximum atomic E-state index is 8.66. The fourth-order valence-corrected chi connectivity index (χ4v) is 1.53. The monoisotopic (exact) mass is 234 g/mol. The van der Waals surface area contributed by atoms with E-state index in [9.17, 15) is 0 Å². The van der Waals surface area contributed by atoms with Crippen LogP contribution in [-0.2, 0) is 0 Å². The average Bonchev–Trinajstić information content (AvgIpc) is 2.21. The van der Waals surface area contributed by atoms with Crippen LogP contribution in [0.1, 0.15) is 10.4 Å². The molecule has 1 aromatic carbocycles. The molecule has 1 rings (SSSR count). The third kappa shape index (κ3) is 2.31. The first-order valence-electron chi connectivity index (χ1n) is 3.78. The minimum Gasteiger partial charge on any atom is -0.197 e. The van der Waals surface area contributed by atoms with Crippen molar-refractivity contribution in [1.29, 1.82) is 10.5 Å². The Morgan fingerprint density at radius 2 is 1.62 bits per heavy atom. The molecule has 0 amide bonds. The van der Waals surface area contributed by atoms with Gasteiger partial charge in [0.2, 0.25) is 0 Å². The molecule has 0 fully saturated rings. The third-order valence-corrected chi connectivity index (χ3v) is 2.75. The Morgan fingerprint density at radius 3 is 2.08 bits per heavy atom. The molecule has 13 heavy (non-hydrogen) atoms. The molecule has 0 bridgehead atoms. The van der Waals surface area contributed by atoms with E-state index in [0.29, 0.717) is 0 Å². The van der Waals surface area contributed by atoms with Crippen molar-refractivity contribution in [3.63, 3.8) is 0 Å². The highest BCUT2D eigenvalue weighted by molar-refractivity contribution is 9.09. The van der Waals surface area contributed by atoms with Crippen LogP contribution in [0.25, 0.3) is 0 Å². The molecule has 1 atom stereocenters. The minimum atomic E-state index is -0.637. The Morgan fingerprint density at radius 1 is 1.08 bits per heavy atom. The normalized spacial score (nSPS) is 11.7. The van der Waals surface area contributed by atoms with Gasteiger partial charge >= 0.3 is 0 Å². The van der Waals surface area contributed by atoms with Gasteiger partial charge in [0.15, 0.2) is 0 Å². The summed E-state index contributed by atoms with van der Waals surface area (Å²) in [7, 11) is 0. The SMILES string of the molecule is N#CC(C#N)C(Br)c1ccccc1. The number of nitriles is 2. The maximum Gasteiger partial charge on any atom is 0.149 e. The van der Waals surface area contributed by atoms with Crippen molar-refractivity contribution in [1.82, 2.24) is 0 Å². The van der Waals surface area contributed by atoms with Crippen molar-refractivity contribution < 1.29 is 0 Å². The molecule has 0 aliphatic heterocycles. The number of hydrogen-bond acceptors (Lipinski definition) is 2. The number of hydrogen-bond donors (Lipinski definition) is 0. The van der Waals surface area contributed by atoms with E-state index in [1.54, 1.807) is 0 Å². The Balaban J connectivity index is 2.87. The molecule has 64 valence electrons. The van der Waals surface area contributed by atoms with Gasteiger partial charge in [-0.15, -0.1) is 0 Å². The van der Waals surface area contributed by atoms with Crippen LogP contribution in [-0.4, -0.2) is 0 Å². The van der Waals surface area contributed by atoms with Crippen LogP contribution in [0.2, 0.25) is 0 Å². The van der Waals surface area contributed by atoms with E-state index < -0.39 is 5.92 Å². The highest BCUT2D eigenvalue weighted by Crippen LogP contribution is 2.29. The predicted octanol–water partition coefficient (Wildman–Crippen LogP) is 2.79. The number of rotatable bonds is 2. The molecule has 0 aromatic heterocycles. The summed E-state index contributed by atoms with van der Waals surface area (Å²) in [6.07, 6.45) is 0. The molecule has 2 nitrogen and oxygen atoms in total. The highest BCUT2D eigenvalue weighted by atomic mass is 79.9. The first kappa shape index (κ1) is 9.77. The van der Waals surface area contributed by atoms with Crippen LogP contribution in [0.4, 0.5) is 0 Å². The van der Waals surface area contributed by atoms with Crippen LogP contribution in [0.15, 0.2) is 30.3 Å². The summed E-state index contributed by atoms with van der Waals surface area (Å²) >= 11 is 3.33. The molecule has 0 aliphatic rings. The topological polar surface area (TPSA) is 47.6 Å². The van der Waals surface area contributed by atoms with Crippen molar-refractivity contribution in [2.75, 3.05) is 0 Å². The van der Waals surface area contributed by atoms with Gasteiger partial charge in [0.25, 0.3) is 0 Å². The highest BCUT2D eigenvalue weighted by Gasteiger charge is 2.18. The molecule has 0 saturated heterocycles. The predicted molar refractivity (Wildman–Crippen MR) is 52.8 cm³/mol. The minimum absolute atomic E-state index is 0.205. The molecule has 0 radical (unpaired) electrons. The lowest BCUT2D eigenvalue weighted by Gasteiger charge is -2.08. The maximum absolute atomic E-state index is 8.66. The summed E-state index contributed by atoms with van der Waals surface area (Å²) in [6, 6.07) is 13.3. The quantitative estimate of drug-likeness (QED) is 0.740.